The van der Waals surface area contributed by atoms with Crippen molar-refractivity contribution in [2.45, 2.75) is 11.8 Å². The van der Waals surface area contributed by atoms with Crippen molar-refractivity contribution in [2.75, 3.05) is 11.1 Å². The van der Waals surface area contributed by atoms with Gasteiger partial charge in [0.05, 0.1) is 11.3 Å². The highest BCUT2D eigenvalue weighted by atomic mass is 32.2. The van der Waals surface area contributed by atoms with Gasteiger partial charge in [-0.3, -0.25) is 9.59 Å². The topological polar surface area (TPSA) is 158 Å². The molecule has 3 rings (SSSR count). The van der Waals surface area contributed by atoms with Crippen LogP contribution in [0.4, 0.5) is 11.4 Å². The van der Waals surface area contributed by atoms with Crippen molar-refractivity contribution in [1.82, 2.24) is 0 Å². The lowest BCUT2D eigenvalue weighted by Gasteiger charge is -2.16. The second-order valence-electron chi connectivity index (χ2n) is 7.10. The zero-order chi connectivity index (χ0) is 23.5. The van der Waals surface area contributed by atoms with Gasteiger partial charge in [0.25, 0.3) is 5.91 Å². The molecule has 0 spiro atoms. The molecule has 0 atom stereocenters. The fourth-order valence-electron chi connectivity index (χ4n) is 3.30. The summed E-state index contributed by atoms with van der Waals surface area (Å²) in [5, 5.41) is 8.06. The van der Waals surface area contributed by atoms with Gasteiger partial charge in [0.15, 0.2) is 0 Å². The molecule has 9 heteroatoms. The van der Waals surface area contributed by atoms with Crippen LogP contribution in [0, 0.1) is 6.92 Å². The van der Waals surface area contributed by atoms with Crippen molar-refractivity contribution in [3.8, 4) is 11.1 Å². The minimum atomic E-state index is -4.41. The van der Waals surface area contributed by atoms with E-state index in [1.165, 1.54) is 12.1 Å². The Hall–Kier alpha value is -3.95. The van der Waals surface area contributed by atoms with Gasteiger partial charge < -0.3 is 16.8 Å². The summed E-state index contributed by atoms with van der Waals surface area (Å²) < 4.78 is 24.7. The third-order valence-corrected chi connectivity index (χ3v) is 5.67. The molecule has 0 heterocycles. The lowest BCUT2D eigenvalue weighted by molar-refractivity contribution is -0.111. The molecular formula is C23H22N4O4S. The summed E-state index contributed by atoms with van der Waals surface area (Å²) in [6, 6.07) is 17.4. The number of amides is 2. The minimum Gasteiger partial charge on any atom is -0.398 e. The van der Waals surface area contributed by atoms with Gasteiger partial charge in [0.2, 0.25) is 15.9 Å². The number of rotatable bonds is 6. The molecule has 0 aliphatic heterocycles. The molecule has 3 aromatic carbocycles. The van der Waals surface area contributed by atoms with Gasteiger partial charge in [0, 0.05) is 17.3 Å². The van der Waals surface area contributed by atoms with Gasteiger partial charge in [-0.15, -0.1) is 0 Å². The average molecular weight is 451 g/mol. The number of hydrogen-bond donors (Lipinski definition) is 4. The molecule has 2 amide bonds. The number of benzene rings is 3. The number of primary amides is 1. The predicted octanol–water partition coefficient (Wildman–Crippen LogP) is 2.64. The summed E-state index contributed by atoms with van der Waals surface area (Å²) in [4.78, 5) is 24.0. The predicted molar refractivity (Wildman–Crippen MR) is 125 cm³/mol. The highest BCUT2D eigenvalue weighted by Crippen LogP contribution is 2.35. The second-order valence-corrected chi connectivity index (χ2v) is 8.60. The molecule has 0 aliphatic carbocycles. The van der Waals surface area contributed by atoms with E-state index in [-0.39, 0.29) is 11.3 Å². The monoisotopic (exact) mass is 450 g/mol. The van der Waals surface area contributed by atoms with E-state index in [1.807, 2.05) is 13.0 Å². The SMILES string of the molecule is Cc1cccc(NC(=O)/C=C/c2cc(-c3ccccc3)c(N)c(C(N)=O)c2S(N)(=O)=O)c1. The second kappa shape index (κ2) is 9.04. The Kier molecular flexibility index (Phi) is 6.42. The number of primary sulfonamides is 1. The first kappa shape index (κ1) is 22.7. The maximum absolute atomic E-state index is 12.4. The van der Waals surface area contributed by atoms with E-state index in [0.717, 1.165) is 11.6 Å². The van der Waals surface area contributed by atoms with E-state index in [9.17, 15) is 18.0 Å². The third-order valence-electron chi connectivity index (χ3n) is 4.66. The Balaban J connectivity index is 2.14. The molecule has 8 nitrogen and oxygen atoms in total. The van der Waals surface area contributed by atoms with Crippen LogP contribution in [0.2, 0.25) is 0 Å². The summed E-state index contributed by atoms with van der Waals surface area (Å²) >= 11 is 0. The van der Waals surface area contributed by atoms with Crippen LogP contribution < -0.4 is 21.9 Å². The Bertz CT molecular complexity index is 1330. The van der Waals surface area contributed by atoms with E-state index in [4.69, 9.17) is 16.6 Å². The van der Waals surface area contributed by atoms with E-state index in [2.05, 4.69) is 5.32 Å². The molecule has 32 heavy (non-hydrogen) atoms. The lowest BCUT2D eigenvalue weighted by atomic mass is 9.96. The number of nitrogen functional groups attached to an aromatic ring is 1. The van der Waals surface area contributed by atoms with E-state index in [1.54, 1.807) is 48.5 Å². The number of carbonyl (C=O) groups excluding carboxylic acids is 2. The van der Waals surface area contributed by atoms with E-state index in [0.29, 0.717) is 16.8 Å². The number of aryl methyl sites for hydroxylation is 1. The standard InChI is InChI=1S/C23H22N4O4S/c1-14-6-5-9-17(12-14)27-19(28)11-10-16-13-18(15-7-3-2-4-8-15)21(24)20(23(25)29)22(16)32(26,30)31/h2-13H,24H2,1H3,(H2,25,29)(H,27,28)(H2,26,30,31)/b11-10+. The highest BCUT2D eigenvalue weighted by molar-refractivity contribution is 7.89. The molecule has 0 aliphatic rings. The van der Waals surface area contributed by atoms with Crippen LogP contribution in [0.25, 0.3) is 17.2 Å². The van der Waals surface area contributed by atoms with E-state index >= 15 is 0 Å². The molecular weight excluding hydrogens is 428 g/mol. The van der Waals surface area contributed by atoms with Crippen molar-refractivity contribution in [3.63, 3.8) is 0 Å². The van der Waals surface area contributed by atoms with Crippen LogP contribution in [0.15, 0.2) is 71.6 Å². The van der Waals surface area contributed by atoms with Gasteiger partial charge in [-0.1, -0.05) is 42.5 Å². The molecule has 0 fully saturated rings. The zero-order valence-electron chi connectivity index (χ0n) is 17.2. The zero-order valence-corrected chi connectivity index (χ0v) is 18.0. The quantitative estimate of drug-likeness (QED) is 0.335. The Morgan fingerprint density at radius 3 is 2.28 bits per heavy atom. The van der Waals surface area contributed by atoms with Crippen LogP contribution >= 0.6 is 0 Å². The lowest BCUT2D eigenvalue weighted by Crippen LogP contribution is -2.24. The van der Waals surface area contributed by atoms with Crippen molar-refractivity contribution in [2.24, 2.45) is 10.9 Å². The maximum Gasteiger partial charge on any atom is 0.252 e. The Labute approximate surface area is 185 Å². The Morgan fingerprint density at radius 2 is 1.69 bits per heavy atom. The summed E-state index contributed by atoms with van der Waals surface area (Å²) in [7, 11) is -4.41. The number of sulfonamides is 1. The van der Waals surface area contributed by atoms with Crippen molar-refractivity contribution in [3.05, 3.63) is 83.4 Å². The van der Waals surface area contributed by atoms with Gasteiger partial charge in [-0.05, 0) is 47.9 Å². The van der Waals surface area contributed by atoms with Crippen molar-refractivity contribution < 1.29 is 18.0 Å². The summed E-state index contributed by atoms with van der Waals surface area (Å²) in [5.74, 6) is -1.56. The molecule has 7 N–H and O–H groups in total. The van der Waals surface area contributed by atoms with Gasteiger partial charge in [-0.25, -0.2) is 13.6 Å². The highest BCUT2D eigenvalue weighted by Gasteiger charge is 2.26. The summed E-state index contributed by atoms with van der Waals surface area (Å²) in [6.45, 7) is 1.88. The van der Waals surface area contributed by atoms with Crippen LogP contribution in [0.3, 0.4) is 0 Å². The van der Waals surface area contributed by atoms with Crippen molar-refractivity contribution in [1.29, 1.82) is 0 Å². The molecule has 0 aromatic heterocycles. The van der Waals surface area contributed by atoms with Crippen molar-refractivity contribution >= 4 is 39.3 Å². The van der Waals surface area contributed by atoms with E-state index < -0.39 is 32.3 Å². The van der Waals surface area contributed by atoms with Crippen LogP contribution in [-0.4, -0.2) is 20.2 Å². The normalized spacial score (nSPS) is 11.4. The number of nitrogens with two attached hydrogens (primary N) is 3. The van der Waals surface area contributed by atoms with Gasteiger partial charge >= 0.3 is 0 Å². The smallest absolute Gasteiger partial charge is 0.252 e. The fourth-order valence-corrected chi connectivity index (χ4v) is 4.25. The molecule has 0 radical (unpaired) electrons. The first-order valence-electron chi connectivity index (χ1n) is 9.48. The van der Waals surface area contributed by atoms with Crippen LogP contribution in [0.5, 0.6) is 0 Å². The summed E-state index contributed by atoms with van der Waals surface area (Å²) in [5.41, 5.74) is 13.6. The molecule has 0 unspecified atom stereocenters. The van der Waals surface area contributed by atoms with Gasteiger partial charge in [-0.2, -0.15) is 0 Å². The third kappa shape index (κ3) is 5.02. The first-order valence-corrected chi connectivity index (χ1v) is 11.0. The average Bonchev–Trinajstić information content (AvgIpc) is 2.72. The maximum atomic E-state index is 12.4. The van der Waals surface area contributed by atoms with Gasteiger partial charge in [0.1, 0.15) is 4.90 Å². The summed E-state index contributed by atoms with van der Waals surface area (Å²) in [6.07, 6.45) is 2.39. The number of anilines is 2. The number of nitrogens with one attached hydrogen (secondary N) is 1. The van der Waals surface area contributed by atoms with Crippen LogP contribution in [-0.2, 0) is 14.8 Å². The molecule has 0 bridgehead atoms. The first-order chi connectivity index (χ1) is 15.1. The minimum absolute atomic E-state index is 0.00810. The molecule has 0 saturated carbocycles. The Morgan fingerprint density at radius 1 is 1.00 bits per heavy atom. The molecule has 0 saturated heterocycles. The molecule has 3 aromatic rings. The fraction of sp³-hybridized carbons (Fsp3) is 0.0435. The number of hydrogen-bond acceptors (Lipinski definition) is 5. The number of carbonyl (C=O) groups is 2. The molecule has 164 valence electrons. The van der Waals surface area contributed by atoms with Crippen LogP contribution in [0.1, 0.15) is 21.5 Å². The largest absolute Gasteiger partial charge is 0.398 e.